The van der Waals surface area contributed by atoms with Crippen LogP contribution in [0, 0.1) is 0 Å². The molecular weight excluding hydrogens is 390 g/mol. The van der Waals surface area contributed by atoms with E-state index in [0.29, 0.717) is 22.2 Å². The van der Waals surface area contributed by atoms with Gasteiger partial charge in [0.05, 0.1) is 4.91 Å². The molecule has 0 aromatic heterocycles. The number of thioether (sulfide) groups is 1. The van der Waals surface area contributed by atoms with Gasteiger partial charge >= 0.3 is 5.97 Å². The Morgan fingerprint density at radius 1 is 1.11 bits per heavy atom. The topological polar surface area (TPSA) is 57.6 Å². The summed E-state index contributed by atoms with van der Waals surface area (Å²) in [6.45, 7) is 13.4. The molecule has 1 aromatic carbocycles. The summed E-state index contributed by atoms with van der Waals surface area (Å²) in [5, 5.41) is 8.80. The van der Waals surface area contributed by atoms with Gasteiger partial charge in [0.15, 0.2) is 0 Å². The molecule has 1 fully saturated rings. The van der Waals surface area contributed by atoms with E-state index in [-0.39, 0.29) is 23.2 Å². The smallest absolute Gasteiger partial charge is 0.303 e. The maximum atomic E-state index is 12.8. The largest absolute Gasteiger partial charge is 0.481 e. The Morgan fingerprint density at radius 3 is 2.11 bits per heavy atom. The van der Waals surface area contributed by atoms with Gasteiger partial charge in [0, 0.05) is 13.0 Å². The SMILES string of the molecule is CC(C)(C)c1cc(/C=C2\SC(=S)N(CCCC(=O)O)C2=O)cc(C(C)(C)C)c1. The highest BCUT2D eigenvalue weighted by molar-refractivity contribution is 8.26. The number of carbonyl (C=O) groups excluding carboxylic acids is 1. The summed E-state index contributed by atoms with van der Waals surface area (Å²) >= 11 is 6.62. The first kappa shape index (κ1) is 22.6. The lowest BCUT2D eigenvalue weighted by Gasteiger charge is -2.25. The average Bonchev–Trinajstić information content (AvgIpc) is 2.80. The van der Waals surface area contributed by atoms with E-state index in [4.69, 9.17) is 17.3 Å². The Hall–Kier alpha value is -1.66. The monoisotopic (exact) mass is 419 g/mol. The maximum Gasteiger partial charge on any atom is 0.303 e. The number of thiocarbonyl (C=S) groups is 1. The summed E-state index contributed by atoms with van der Waals surface area (Å²) in [7, 11) is 0. The molecule has 1 heterocycles. The van der Waals surface area contributed by atoms with Crippen LogP contribution in [0.5, 0.6) is 0 Å². The van der Waals surface area contributed by atoms with E-state index in [2.05, 4.69) is 59.7 Å². The van der Waals surface area contributed by atoms with E-state index in [9.17, 15) is 9.59 Å². The first-order valence-electron chi connectivity index (χ1n) is 9.42. The lowest BCUT2D eigenvalue weighted by molar-refractivity contribution is -0.137. The predicted molar refractivity (Wildman–Crippen MR) is 121 cm³/mol. The quantitative estimate of drug-likeness (QED) is 0.515. The molecule has 0 unspecified atom stereocenters. The lowest BCUT2D eigenvalue weighted by Crippen LogP contribution is -2.29. The molecule has 6 heteroatoms. The van der Waals surface area contributed by atoms with Crippen LogP contribution in [-0.4, -0.2) is 32.7 Å². The molecule has 28 heavy (non-hydrogen) atoms. The molecule has 1 aliphatic rings. The number of carboxylic acid groups (broad SMARTS) is 1. The summed E-state index contributed by atoms with van der Waals surface area (Å²) in [5.41, 5.74) is 3.44. The highest BCUT2D eigenvalue weighted by Gasteiger charge is 2.32. The third-order valence-electron chi connectivity index (χ3n) is 4.63. The standard InChI is InChI=1S/C22H29NO3S2/c1-21(2,3)15-10-14(11-16(13-15)22(4,5)6)12-17-19(26)23(20(27)28-17)9-7-8-18(24)25/h10-13H,7-9H2,1-6H3,(H,24,25)/b17-12-. The number of hydrogen-bond acceptors (Lipinski definition) is 4. The molecule has 0 atom stereocenters. The van der Waals surface area contributed by atoms with E-state index in [1.807, 2.05) is 6.08 Å². The van der Waals surface area contributed by atoms with Crippen LogP contribution in [0.3, 0.4) is 0 Å². The summed E-state index contributed by atoms with van der Waals surface area (Å²) in [5.74, 6) is -1.01. The van der Waals surface area contributed by atoms with E-state index < -0.39 is 5.97 Å². The van der Waals surface area contributed by atoms with Crippen LogP contribution in [0.15, 0.2) is 23.1 Å². The molecule has 1 saturated heterocycles. The fourth-order valence-electron chi connectivity index (χ4n) is 2.83. The summed E-state index contributed by atoms with van der Waals surface area (Å²) in [6.07, 6.45) is 2.32. The molecule has 1 N–H and O–H groups in total. The van der Waals surface area contributed by atoms with Crippen LogP contribution in [0.1, 0.15) is 71.1 Å². The Balaban J connectivity index is 2.35. The van der Waals surface area contributed by atoms with Crippen LogP contribution < -0.4 is 0 Å². The summed E-state index contributed by atoms with van der Waals surface area (Å²) in [4.78, 5) is 25.6. The van der Waals surface area contributed by atoms with Crippen LogP contribution >= 0.6 is 24.0 Å². The highest BCUT2D eigenvalue weighted by Crippen LogP contribution is 2.35. The summed E-state index contributed by atoms with van der Waals surface area (Å²) < 4.78 is 0.490. The zero-order valence-corrected chi connectivity index (χ0v) is 19.1. The molecule has 0 saturated carbocycles. The van der Waals surface area contributed by atoms with Crippen molar-refractivity contribution in [3.8, 4) is 0 Å². The van der Waals surface area contributed by atoms with Gasteiger partial charge in [-0.2, -0.15) is 0 Å². The van der Waals surface area contributed by atoms with Crippen molar-refractivity contribution in [3.63, 3.8) is 0 Å². The Morgan fingerprint density at radius 2 is 1.64 bits per heavy atom. The number of aliphatic carboxylic acids is 1. The molecule has 0 spiro atoms. The van der Waals surface area contributed by atoms with Crippen LogP contribution in [0.2, 0.25) is 0 Å². The molecule has 152 valence electrons. The molecule has 0 bridgehead atoms. The zero-order valence-electron chi connectivity index (χ0n) is 17.5. The Bertz CT molecular complexity index is 797. The number of carboxylic acids is 1. The van der Waals surface area contributed by atoms with Crippen molar-refractivity contribution in [2.24, 2.45) is 0 Å². The number of amides is 1. The molecule has 4 nitrogen and oxygen atoms in total. The van der Waals surface area contributed by atoms with E-state index >= 15 is 0 Å². The average molecular weight is 420 g/mol. The van der Waals surface area contributed by atoms with Crippen molar-refractivity contribution in [3.05, 3.63) is 39.8 Å². The van der Waals surface area contributed by atoms with Crippen molar-refractivity contribution in [1.29, 1.82) is 0 Å². The lowest BCUT2D eigenvalue weighted by atomic mass is 9.79. The van der Waals surface area contributed by atoms with Gasteiger partial charge in [-0.3, -0.25) is 14.5 Å². The number of hydrogen-bond donors (Lipinski definition) is 1. The molecule has 1 aliphatic heterocycles. The molecule has 1 amide bonds. The normalized spacial score (nSPS) is 16.9. The van der Waals surface area contributed by atoms with Crippen LogP contribution in [0.4, 0.5) is 0 Å². The Labute approximate surface area is 177 Å². The number of nitrogens with zero attached hydrogens (tertiary/aromatic N) is 1. The van der Waals surface area contributed by atoms with Gasteiger partial charge in [-0.05, 0) is 40.0 Å². The van der Waals surface area contributed by atoms with E-state index in [1.54, 1.807) is 0 Å². The second-order valence-electron chi connectivity index (χ2n) is 9.17. The minimum atomic E-state index is -0.866. The first-order chi connectivity index (χ1) is 12.8. The second kappa shape index (κ2) is 8.37. The molecular formula is C22H29NO3S2. The van der Waals surface area contributed by atoms with E-state index in [1.165, 1.54) is 27.8 Å². The number of carbonyl (C=O) groups is 2. The van der Waals surface area contributed by atoms with Gasteiger partial charge in [-0.25, -0.2) is 0 Å². The number of benzene rings is 1. The van der Waals surface area contributed by atoms with Crippen molar-refractivity contribution in [1.82, 2.24) is 4.90 Å². The third kappa shape index (κ3) is 5.67. The maximum absolute atomic E-state index is 12.8. The highest BCUT2D eigenvalue weighted by atomic mass is 32.2. The zero-order chi connectivity index (χ0) is 21.3. The van der Waals surface area contributed by atoms with Gasteiger partial charge in [-0.1, -0.05) is 83.7 Å². The fraction of sp³-hybridized carbons (Fsp3) is 0.500. The van der Waals surface area contributed by atoms with Gasteiger partial charge in [-0.15, -0.1) is 0 Å². The Kier molecular flexibility index (Phi) is 6.77. The van der Waals surface area contributed by atoms with Crippen LogP contribution in [0.25, 0.3) is 6.08 Å². The predicted octanol–water partition coefficient (Wildman–Crippen LogP) is 5.35. The third-order valence-corrected chi connectivity index (χ3v) is 6.01. The molecule has 0 radical (unpaired) electrons. The number of rotatable bonds is 5. The molecule has 1 aromatic rings. The molecule has 0 aliphatic carbocycles. The first-order valence-corrected chi connectivity index (χ1v) is 10.6. The van der Waals surface area contributed by atoms with E-state index in [0.717, 1.165) is 5.56 Å². The van der Waals surface area contributed by atoms with Gasteiger partial charge in [0.2, 0.25) is 0 Å². The molecule has 2 rings (SSSR count). The summed E-state index contributed by atoms with van der Waals surface area (Å²) in [6, 6.07) is 6.51. The van der Waals surface area contributed by atoms with Crippen molar-refractivity contribution >= 4 is 46.3 Å². The van der Waals surface area contributed by atoms with Gasteiger partial charge < -0.3 is 5.11 Å². The van der Waals surface area contributed by atoms with Crippen molar-refractivity contribution in [2.75, 3.05) is 6.54 Å². The minimum absolute atomic E-state index is 0.000483. The van der Waals surface area contributed by atoms with Crippen molar-refractivity contribution in [2.45, 2.75) is 65.2 Å². The second-order valence-corrected chi connectivity index (χ2v) is 10.9. The van der Waals surface area contributed by atoms with Gasteiger partial charge in [0.1, 0.15) is 4.32 Å². The van der Waals surface area contributed by atoms with Gasteiger partial charge in [0.25, 0.3) is 5.91 Å². The van der Waals surface area contributed by atoms with Crippen molar-refractivity contribution < 1.29 is 14.7 Å². The minimum Gasteiger partial charge on any atom is -0.481 e. The fourth-order valence-corrected chi connectivity index (χ4v) is 4.14. The van der Waals surface area contributed by atoms with Crippen LogP contribution in [-0.2, 0) is 20.4 Å².